The fourth-order valence-electron chi connectivity index (χ4n) is 6.29. The second-order valence-corrected chi connectivity index (χ2v) is 11.7. The summed E-state index contributed by atoms with van der Waals surface area (Å²) in [6.45, 7) is 5.78. The molecule has 0 aliphatic carbocycles. The summed E-state index contributed by atoms with van der Waals surface area (Å²) in [5.41, 5.74) is 3.45. The molecule has 2 aliphatic rings. The number of hydrogen-bond acceptors (Lipinski definition) is 5. The molecule has 4 aromatic rings. The van der Waals surface area contributed by atoms with E-state index in [9.17, 15) is 9.90 Å². The molecule has 6 nitrogen and oxygen atoms in total. The Morgan fingerprint density at radius 1 is 0.814 bits per heavy atom. The van der Waals surface area contributed by atoms with Crippen LogP contribution in [0.25, 0.3) is 16.8 Å². The molecule has 1 N–H and O–H groups in total. The van der Waals surface area contributed by atoms with E-state index in [1.807, 2.05) is 53.4 Å². The second kappa shape index (κ2) is 13.9. The van der Waals surface area contributed by atoms with Gasteiger partial charge in [0.2, 0.25) is 5.91 Å². The maximum absolute atomic E-state index is 12.9. The number of hydrogen-bond donors (Lipinski definition) is 1. The average molecular weight is 576 g/mol. The van der Waals surface area contributed by atoms with E-state index in [-0.39, 0.29) is 12.5 Å². The summed E-state index contributed by atoms with van der Waals surface area (Å²) in [4.78, 5) is 19.5. The number of ether oxygens (including phenoxy) is 1. The lowest BCUT2D eigenvalue weighted by atomic mass is 9.88. The lowest BCUT2D eigenvalue weighted by molar-refractivity contribution is -0.126. The number of rotatable bonds is 9. The van der Waals surface area contributed by atoms with E-state index in [0.717, 1.165) is 44.6 Å². The number of carbonyl (C=O) groups excluding carboxylic acids is 1. The molecule has 2 heterocycles. The first-order chi connectivity index (χ1) is 21.1. The summed E-state index contributed by atoms with van der Waals surface area (Å²) in [6.07, 6.45) is 5.06. The molecule has 0 radical (unpaired) electrons. The van der Waals surface area contributed by atoms with E-state index in [0.29, 0.717) is 31.3 Å². The molecular formula is C37H41N3O3. The third-order valence-corrected chi connectivity index (χ3v) is 8.77. The van der Waals surface area contributed by atoms with Gasteiger partial charge in [-0.15, -0.1) is 0 Å². The molecule has 0 spiro atoms. The van der Waals surface area contributed by atoms with Gasteiger partial charge in [-0.3, -0.25) is 4.79 Å². The van der Waals surface area contributed by atoms with Crippen LogP contribution in [0.5, 0.6) is 5.75 Å². The summed E-state index contributed by atoms with van der Waals surface area (Å²) < 4.78 is 6.05. The highest BCUT2D eigenvalue weighted by Crippen LogP contribution is 2.30. The zero-order chi connectivity index (χ0) is 29.4. The lowest BCUT2D eigenvalue weighted by Crippen LogP contribution is -2.48. The van der Waals surface area contributed by atoms with Gasteiger partial charge in [-0.1, -0.05) is 78.9 Å². The van der Waals surface area contributed by atoms with Crippen LogP contribution in [0.4, 0.5) is 5.69 Å². The minimum Gasteiger partial charge on any atom is -0.490 e. The van der Waals surface area contributed by atoms with Gasteiger partial charge >= 0.3 is 0 Å². The molecule has 2 fully saturated rings. The number of benzene rings is 4. The van der Waals surface area contributed by atoms with Crippen molar-refractivity contribution >= 4 is 28.4 Å². The SMILES string of the molecule is O=C(C=Cc1ccccc1OCC(O)CN1CCC(c2ccc3ccccc3c2)CC1)N1CCN(c2ccccc2)CC1. The topological polar surface area (TPSA) is 56.3 Å². The Labute approximate surface area is 254 Å². The zero-order valence-electron chi connectivity index (χ0n) is 24.7. The van der Waals surface area contributed by atoms with E-state index < -0.39 is 6.10 Å². The van der Waals surface area contributed by atoms with Crippen molar-refractivity contribution in [1.82, 2.24) is 9.80 Å². The number of anilines is 1. The molecule has 2 aliphatic heterocycles. The summed E-state index contributed by atoms with van der Waals surface area (Å²) in [5.74, 6) is 1.24. The van der Waals surface area contributed by atoms with Crippen molar-refractivity contribution in [3.63, 3.8) is 0 Å². The Bertz CT molecular complexity index is 1520. The van der Waals surface area contributed by atoms with Gasteiger partial charge in [0.1, 0.15) is 18.5 Å². The van der Waals surface area contributed by atoms with Crippen molar-refractivity contribution in [2.24, 2.45) is 0 Å². The van der Waals surface area contributed by atoms with Crippen LogP contribution in [0.2, 0.25) is 0 Å². The standard InChI is InChI=1S/C37H41N3O3/c41-35(27-38-20-18-30(19-21-38)33-15-14-29-8-4-5-10-32(29)26-33)28-43-36-13-7-6-9-31(36)16-17-37(42)40-24-22-39(23-25-40)34-11-2-1-3-12-34/h1-17,26,30,35,41H,18-25,27-28H2. The quantitative estimate of drug-likeness (QED) is 0.255. The second-order valence-electron chi connectivity index (χ2n) is 11.7. The summed E-state index contributed by atoms with van der Waals surface area (Å²) >= 11 is 0. The number of para-hydroxylation sites is 2. The Morgan fingerprint density at radius 3 is 2.30 bits per heavy atom. The van der Waals surface area contributed by atoms with Crippen LogP contribution in [0.1, 0.15) is 29.9 Å². The van der Waals surface area contributed by atoms with Crippen molar-refractivity contribution in [2.45, 2.75) is 24.9 Å². The van der Waals surface area contributed by atoms with Gasteiger partial charge in [0.05, 0.1) is 0 Å². The fourth-order valence-corrected chi connectivity index (χ4v) is 6.29. The molecule has 4 aromatic carbocycles. The van der Waals surface area contributed by atoms with Gasteiger partial charge in [-0.05, 0) is 72.5 Å². The molecule has 0 bridgehead atoms. The minimum absolute atomic E-state index is 0.00893. The number of piperidine rings is 1. The normalized spacial score (nSPS) is 17.4. The average Bonchev–Trinajstić information content (AvgIpc) is 3.07. The summed E-state index contributed by atoms with van der Waals surface area (Å²) in [5, 5.41) is 13.4. The number of β-amino-alcohol motifs (C(OH)–C–C–N with tert-alkyl or cyclic N) is 1. The van der Waals surface area contributed by atoms with Crippen molar-refractivity contribution in [1.29, 1.82) is 0 Å². The van der Waals surface area contributed by atoms with E-state index in [1.165, 1.54) is 22.0 Å². The number of carbonyl (C=O) groups is 1. The molecule has 0 aromatic heterocycles. The molecule has 2 saturated heterocycles. The molecule has 6 rings (SSSR count). The molecule has 1 unspecified atom stereocenters. The number of fused-ring (bicyclic) bond motifs is 1. The van der Waals surface area contributed by atoms with Crippen LogP contribution in [-0.2, 0) is 4.79 Å². The van der Waals surface area contributed by atoms with Crippen LogP contribution in [-0.4, -0.2) is 79.3 Å². The summed E-state index contributed by atoms with van der Waals surface area (Å²) in [6, 6.07) is 33.4. The molecule has 0 saturated carbocycles. The Hall–Kier alpha value is -4.13. The van der Waals surface area contributed by atoms with Crippen molar-refractivity contribution in [3.8, 4) is 5.75 Å². The maximum Gasteiger partial charge on any atom is 0.246 e. The predicted molar refractivity (Wildman–Crippen MR) is 175 cm³/mol. The largest absolute Gasteiger partial charge is 0.490 e. The van der Waals surface area contributed by atoms with Gasteiger partial charge in [0.25, 0.3) is 0 Å². The molecule has 222 valence electrons. The number of aliphatic hydroxyl groups is 1. The first-order valence-electron chi connectivity index (χ1n) is 15.5. The lowest BCUT2D eigenvalue weighted by Gasteiger charge is -2.35. The smallest absolute Gasteiger partial charge is 0.246 e. The van der Waals surface area contributed by atoms with Crippen molar-refractivity contribution < 1.29 is 14.6 Å². The number of aliphatic hydroxyl groups excluding tert-OH is 1. The first kappa shape index (κ1) is 29.0. The van der Waals surface area contributed by atoms with Crippen LogP contribution in [0.3, 0.4) is 0 Å². The van der Waals surface area contributed by atoms with Gasteiger partial charge in [-0.2, -0.15) is 0 Å². The number of likely N-dealkylation sites (tertiary alicyclic amines) is 1. The molecule has 43 heavy (non-hydrogen) atoms. The predicted octanol–water partition coefficient (Wildman–Crippen LogP) is 5.82. The molecular weight excluding hydrogens is 534 g/mol. The van der Waals surface area contributed by atoms with E-state index in [1.54, 1.807) is 6.08 Å². The van der Waals surface area contributed by atoms with E-state index in [2.05, 4.69) is 64.4 Å². The zero-order valence-corrected chi connectivity index (χ0v) is 24.7. The van der Waals surface area contributed by atoms with Crippen molar-refractivity contribution in [3.05, 3.63) is 114 Å². The van der Waals surface area contributed by atoms with E-state index in [4.69, 9.17) is 4.74 Å². The van der Waals surface area contributed by atoms with E-state index >= 15 is 0 Å². The third-order valence-electron chi connectivity index (χ3n) is 8.77. The fraction of sp³-hybridized carbons (Fsp3) is 0.324. The van der Waals surface area contributed by atoms with Gasteiger partial charge in [0, 0.05) is 50.1 Å². The number of nitrogens with zero attached hydrogens (tertiary/aromatic N) is 3. The Balaban J connectivity index is 0.956. The number of piperazine rings is 1. The highest BCUT2D eigenvalue weighted by molar-refractivity contribution is 5.92. The summed E-state index contributed by atoms with van der Waals surface area (Å²) in [7, 11) is 0. The molecule has 1 amide bonds. The first-order valence-corrected chi connectivity index (χ1v) is 15.5. The van der Waals surface area contributed by atoms with Gasteiger partial charge < -0.3 is 24.5 Å². The number of amides is 1. The third kappa shape index (κ3) is 7.45. The highest BCUT2D eigenvalue weighted by Gasteiger charge is 2.23. The monoisotopic (exact) mass is 575 g/mol. The van der Waals surface area contributed by atoms with Crippen LogP contribution < -0.4 is 9.64 Å². The van der Waals surface area contributed by atoms with Gasteiger partial charge in [0.15, 0.2) is 0 Å². The van der Waals surface area contributed by atoms with Crippen LogP contribution in [0, 0.1) is 0 Å². The molecule has 1 atom stereocenters. The highest BCUT2D eigenvalue weighted by atomic mass is 16.5. The Morgan fingerprint density at radius 2 is 1.51 bits per heavy atom. The van der Waals surface area contributed by atoms with Gasteiger partial charge in [-0.25, -0.2) is 0 Å². The van der Waals surface area contributed by atoms with Crippen LogP contribution in [0.15, 0.2) is 103 Å². The molecule has 6 heteroatoms. The maximum atomic E-state index is 12.9. The Kier molecular flexibility index (Phi) is 9.36. The van der Waals surface area contributed by atoms with Crippen molar-refractivity contribution in [2.75, 3.05) is 57.3 Å². The van der Waals surface area contributed by atoms with Crippen LogP contribution >= 0.6 is 0 Å². The minimum atomic E-state index is -0.586.